The van der Waals surface area contributed by atoms with Gasteiger partial charge in [-0.25, -0.2) is 0 Å². The third kappa shape index (κ3) is 2.67. The topological polar surface area (TPSA) is 85.4 Å². The maximum atomic E-state index is 10.9. The molecule has 0 N–H and O–H groups in total. The van der Waals surface area contributed by atoms with Crippen molar-refractivity contribution in [2.75, 3.05) is 7.11 Å². The van der Waals surface area contributed by atoms with Crippen molar-refractivity contribution in [1.82, 2.24) is 0 Å². The van der Waals surface area contributed by atoms with Gasteiger partial charge in [-0.05, 0) is 24.3 Å². The molecule has 0 aromatic heterocycles. The molecular formula is C14H10N2O4. The monoisotopic (exact) mass is 270 g/mol. The van der Waals surface area contributed by atoms with E-state index in [2.05, 4.69) is 0 Å². The molecule has 100 valence electrons. The number of rotatable bonds is 4. The predicted molar refractivity (Wildman–Crippen MR) is 70.9 cm³/mol. The van der Waals surface area contributed by atoms with Crippen LogP contribution >= 0.6 is 0 Å². The highest BCUT2D eigenvalue weighted by molar-refractivity contribution is 5.53. The summed E-state index contributed by atoms with van der Waals surface area (Å²) >= 11 is 0. The van der Waals surface area contributed by atoms with Crippen LogP contribution in [0.1, 0.15) is 5.56 Å². The minimum Gasteiger partial charge on any atom is -0.493 e. The van der Waals surface area contributed by atoms with Gasteiger partial charge in [0.05, 0.1) is 18.1 Å². The molecule has 0 aliphatic heterocycles. The molecule has 2 aromatic carbocycles. The summed E-state index contributed by atoms with van der Waals surface area (Å²) in [5.74, 6) is 1.22. The molecule has 0 saturated heterocycles. The first-order chi connectivity index (χ1) is 9.65. The van der Waals surface area contributed by atoms with Crippen LogP contribution in [0.3, 0.4) is 0 Å². The van der Waals surface area contributed by atoms with Gasteiger partial charge in [-0.2, -0.15) is 5.26 Å². The number of nitrogens with zero attached hydrogens (tertiary/aromatic N) is 2. The molecular weight excluding hydrogens is 260 g/mol. The highest BCUT2D eigenvalue weighted by Crippen LogP contribution is 2.33. The Morgan fingerprint density at radius 1 is 1.20 bits per heavy atom. The minimum atomic E-state index is -0.617. The molecule has 0 aliphatic rings. The lowest BCUT2D eigenvalue weighted by Crippen LogP contribution is -1.94. The Morgan fingerprint density at radius 2 is 1.90 bits per heavy atom. The molecule has 2 rings (SSSR count). The molecule has 0 aliphatic carbocycles. The summed E-state index contributed by atoms with van der Waals surface area (Å²) in [4.78, 5) is 10.3. The lowest BCUT2D eigenvalue weighted by molar-refractivity contribution is -0.385. The first-order valence-corrected chi connectivity index (χ1v) is 5.65. The molecule has 0 saturated carbocycles. The Balaban J connectivity index is 2.38. The maximum absolute atomic E-state index is 10.9. The SMILES string of the molecule is COc1ccccc1Oc1ccc(C#N)c([N+](=O)[O-])c1. The number of nitro groups is 1. The van der Waals surface area contributed by atoms with Crippen LogP contribution in [-0.2, 0) is 0 Å². The van der Waals surface area contributed by atoms with Gasteiger partial charge in [-0.15, -0.1) is 0 Å². The molecule has 0 amide bonds. The quantitative estimate of drug-likeness (QED) is 0.628. The Morgan fingerprint density at radius 3 is 2.50 bits per heavy atom. The Bertz CT molecular complexity index is 692. The van der Waals surface area contributed by atoms with Gasteiger partial charge in [0.2, 0.25) is 0 Å². The summed E-state index contributed by atoms with van der Waals surface area (Å²) in [6, 6.07) is 12.8. The summed E-state index contributed by atoms with van der Waals surface area (Å²) in [5.41, 5.74) is -0.303. The first kappa shape index (κ1) is 13.4. The van der Waals surface area contributed by atoms with Crippen LogP contribution in [0.15, 0.2) is 42.5 Å². The van der Waals surface area contributed by atoms with Crippen molar-refractivity contribution in [3.8, 4) is 23.3 Å². The minimum absolute atomic E-state index is 0.0117. The summed E-state index contributed by atoms with van der Waals surface area (Å²) in [5, 5.41) is 19.7. The van der Waals surface area contributed by atoms with E-state index in [0.29, 0.717) is 11.5 Å². The molecule has 20 heavy (non-hydrogen) atoms. The van der Waals surface area contributed by atoms with Crippen molar-refractivity contribution in [1.29, 1.82) is 5.26 Å². The first-order valence-electron chi connectivity index (χ1n) is 5.65. The van der Waals surface area contributed by atoms with Crippen molar-refractivity contribution in [2.45, 2.75) is 0 Å². The van der Waals surface area contributed by atoms with Gasteiger partial charge in [0, 0.05) is 0 Å². The fourth-order valence-corrected chi connectivity index (χ4v) is 1.65. The van der Waals surface area contributed by atoms with Crippen molar-refractivity contribution in [3.05, 3.63) is 58.1 Å². The number of methoxy groups -OCH3 is 1. The van der Waals surface area contributed by atoms with E-state index in [1.54, 1.807) is 30.3 Å². The van der Waals surface area contributed by atoms with Crippen LogP contribution in [-0.4, -0.2) is 12.0 Å². The van der Waals surface area contributed by atoms with E-state index in [1.165, 1.54) is 25.3 Å². The zero-order valence-electron chi connectivity index (χ0n) is 10.6. The van der Waals surface area contributed by atoms with Gasteiger partial charge in [-0.3, -0.25) is 10.1 Å². The molecule has 0 atom stereocenters. The number of hydrogen-bond acceptors (Lipinski definition) is 5. The molecule has 0 heterocycles. The number of para-hydroxylation sites is 2. The van der Waals surface area contributed by atoms with Gasteiger partial charge >= 0.3 is 0 Å². The summed E-state index contributed by atoms with van der Waals surface area (Å²) < 4.78 is 10.7. The standard InChI is InChI=1S/C14H10N2O4/c1-19-13-4-2-3-5-14(13)20-11-7-6-10(9-15)12(8-11)16(17)18/h2-8H,1H3. The molecule has 2 aromatic rings. The molecule has 0 unspecified atom stereocenters. The normalized spacial score (nSPS) is 9.60. The molecule has 6 heteroatoms. The summed E-state index contributed by atoms with van der Waals surface area (Å²) in [6.07, 6.45) is 0. The van der Waals surface area contributed by atoms with Crippen LogP contribution in [0.4, 0.5) is 5.69 Å². The molecule has 6 nitrogen and oxygen atoms in total. The number of hydrogen-bond donors (Lipinski definition) is 0. The Labute approximate surface area is 114 Å². The second kappa shape index (κ2) is 5.71. The lowest BCUT2D eigenvalue weighted by Gasteiger charge is -2.09. The average molecular weight is 270 g/mol. The van der Waals surface area contributed by atoms with E-state index in [-0.39, 0.29) is 17.0 Å². The number of benzene rings is 2. The average Bonchev–Trinajstić information content (AvgIpc) is 2.47. The fraction of sp³-hybridized carbons (Fsp3) is 0.0714. The lowest BCUT2D eigenvalue weighted by atomic mass is 10.2. The van der Waals surface area contributed by atoms with E-state index < -0.39 is 4.92 Å². The zero-order valence-corrected chi connectivity index (χ0v) is 10.6. The van der Waals surface area contributed by atoms with Crippen molar-refractivity contribution in [2.24, 2.45) is 0 Å². The van der Waals surface area contributed by atoms with Crippen molar-refractivity contribution in [3.63, 3.8) is 0 Å². The van der Waals surface area contributed by atoms with E-state index >= 15 is 0 Å². The molecule has 0 fully saturated rings. The van der Waals surface area contributed by atoms with Crippen molar-refractivity contribution >= 4 is 5.69 Å². The predicted octanol–water partition coefficient (Wildman–Crippen LogP) is 3.27. The van der Waals surface area contributed by atoms with Gasteiger partial charge in [-0.1, -0.05) is 12.1 Å². The van der Waals surface area contributed by atoms with E-state index in [1.807, 2.05) is 0 Å². The van der Waals surface area contributed by atoms with E-state index in [0.717, 1.165) is 0 Å². The highest BCUT2D eigenvalue weighted by atomic mass is 16.6. The summed E-state index contributed by atoms with van der Waals surface area (Å²) in [7, 11) is 1.50. The number of nitro benzene ring substituents is 1. The van der Waals surface area contributed by atoms with Gasteiger partial charge < -0.3 is 9.47 Å². The zero-order chi connectivity index (χ0) is 14.5. The number of nitriles is 1. The molecule has 0 spiro atoms. The third-order valence-electron chi connectivity index (χ3n) is 2.58. The van der Waals surface area contributed by atoms with Gasteiger partial charge in [0.1, 0.15) is 17.4 Å². The third-order valence-corrected chi connectivity index (χ3v) is 2.58. The van der Waals surface area contributed by atoms with E-state index in [9.17, 15) is 10.1 Å². The van der Waals surface area contributed by atoms with Crippen LogP contribution in [0.2, 0.25) is 0 Å². The number of ether oxygens (including phenoxy) is 2. The van der Waals surface area contributed by atoms with Crippen LogP contribution in [0.5, 0.6) is 17.2 Å². The second-order valence-electron chi connectivity index (χ2n) is 3.80. The highest BCUT2D eigenvalue weighted by Gasteiger charge is 2.15. The Hall–Kier alpha value is -3.07. The Kier molecular flexibility index (Phi) is 3.82. The second-order valence-corrected chi connectivity index (χ2v) is 3.80. The van der Waals surface area contributed by atoms with E-state index in [4.69, 9.17) is 14.7 Å². The molecule has 0 bridgehead atoms. The maximum Gasteiger partial charge on any atom is 0.290 e. The molecule has 0 radical (unpaired) electrons. The summed E-state index contributed by atoms with van der Waals surface area (Å²) in [6.45, 7) is 0. The smallest absolute Gasteiger partial charge is 0.290 e. The van der Waals surface area contributed by atoms with Gasteiger partial charge in [0.15, 0.2) is 11.5 Å². The van der Waals surface area contributed by atoms with Crippen molar-refractivity contribution < 1.29 is 14.4 Å². The van der Waals surface area contributed by atoms with Gasteiger partial charge in [0.25, 0.3) is 5.69 Å². The van der Waals surface area contributed by atoms with Crippen LogP contribution in [0, 0.1) is 21.4 Å². The van der Waals surface area contributed by atoms with Crippen LogP contribution in [0.25, 0.3) is 0 Å². The van der Waals surface area contributed by atoms with Crippen LogP contribution < -0.4 is 9.47 Å². The fourth-order valence-electron chi connectivity index (χ4n) is 1.65. The largest absolute Gasteiger partial charge is 0.493 e.